The van der Waals surface area contributed by atoms with Gasteiger partial charge in [-0.1, -0.05) is 23.7 Å². The Morgan fingerprint density at radius 2 is 1.78 bits per heavy atom. The molecule has 2 aliphatic heterocycles. The van der Waals surface area contributed by atoms with Gasteiger partial charge in [0.2, 0.25) is 0 Å². The van der Waals surface area contributed by atoms with E-state index in [0.717, 1.165) is 62.7 Å². The summed E-state index contributed by atoms with van der Waals surface area (Å²) in [7, 11) is 0. The number of anilines is 1. The van der Waals surface area contributed by atoms with Crippen molar-refractivity contribution >= 4 is 17.3 Å². The van der Waals surface area contributed by atoms with Crippen LogP contribution >= 0.6 is 11.6 Å². The van der Waals surface area contributed by atoms with Gasteiger partial charge in [-0.25, -0.2) is 9.07 Å². The maximum absolute atomic E-state index is 13.3. The number of benzene rings is 2. The Balaban J connectivity index is 1.38. The Morgan fingerprint density at radius 3 is 2.47 bits per heavy atom. The van der Waals surface area contributed by atoms with E-state index in [-0.39, 0.29) is 18.0 Å². The summed E-state index contributed by atoms with van der Waals surface area (Å²) >= 11 is 6.16. The van der Waals surface area contributed by atoms with Crippen LogP contribution in [0.2, 0.25) is 5.02 Å². The van der Waals surface area contributed by atoms with E-state index in [2.05, 4.69) is 25.3 Å². The number of tetrazole rings is 1. The molecule has 2 atom stereocenters. The molecule has 168 valence electrons. The largest absolute Gasteiger partial charge is 0.376 e. The van der Waals surface area contributed by atoms with E-state index in [4.69, 9.17) is 16.3 Å². The van der Waals surface area contributed by atoms with Crippen LogP contribution < -0.4 is 4.90 Å². The predicted octanol–water partition coefficient (Wildman–Crippen LogP) is 3.56. The number of hydrogen-bond donors (Lipinski definition) is 0. The molecule has 2 saturated heterocycles. The number of nitrogens with zero attached hydrogens (tertiary/aromatic N) is 6. The number of ether oxygens (including phenoxy) is 1. The standard InChI is InChI=1S/C23H26ClFN6O/c24-18-5-3-17(4-6-18)22(23-26-27-28-31(23)16-21-2-1-15-32-21)30-13-11-29(12-14-30)20-9-7-19(25)8-10-20/h3-10,21-22H,1-2,11-16H2. The Kier molecular flexibility index (Phi) is 6.34. The molecule has 2 fully saturated rings. The van der Waals surface area contributed by atoms with Gasteiger partial charge in [-0.3, -0.25) is 4.90 Å². The molecule has 2 aliphatic rings. The number of hydrogen-bond acceptors (Lipinski definition) is 6. The van der Waals surface area contributed by atoms with E-state index >= 15 is 0 Å². The quantitative estimate of drug-likeness (QED) is 0.565. The average Bonchev–Trinajstić information content (AvgIpc) is 3.49. The first-order valence-electron chi connectivity index (χ1n) is 11.0. The van der Waals surface area contributed by atoms with Crippen LogP contribution in [0.15, 0.2) is 48.5 Å². The van der Waals surface area contributed by atoms with Crippen molar-refractivity contribution in [3.8, 4) is 0 Å². The molecule has 5 rings (SSSR count). The first-order valence-corrected chi connectivity index (χ1v) is 11.4. The smallest absolute Gasteiger partial charge is 0.173 e. The SMILES string of the molecule is Fc1ccc(N2CCN(C(c3ccc(Cl)cc3)c3nnnn3CC3CCCO3)CC2)cc1. The van der Waals surface area contributed by atoms with E-state index in [0.29, 0.717) is 11.6 Å². The molecular formula is C23H26ClFN6O. The lowest BCUT2D eigenvalue weighted by Crippen LogP contribution is -2.48. The predicted molar refractivity (Wildman–Crippen MR) is 120 cm³/mol. The van der Waals surface area contributed by atoms with Gasteiger partial charge in [0.25, 0.3) is 0 Å². The molecule has 1 aromatic heterocycles. The van der Waals surface area contributed by atoms with Crippen molar-refractivity contribution in [3.05, 3.63) is 70.8 Å². The molecule has 0 saturated carbocycles. The number of aromatic nitrogens is 4. The third kappa shape index (κ3) is 4.62. The summed E-state index contributed by atoms with van der Waals surface area (Å²) in [4.78, 5) is 4.69. The molecule has 0 spiro atoms. The van der Waals surface area contributed by atoms with Crippen LogP contribution in [0.5, 0.6) is 0 Å². The summed E-state index contributed by atoms with van der Waals surface area (Å²) in [6.07, 6.45) is 2.26. The fourth-order valence-electron chi connectivity index (χ4n) is 4.58. The highest BCUT2D eigenvalue weighted by Gasteiger charge is 2.31. The summed E-state index contributed by atoms with van der Waals surface area (Å²) in [5.41, 5.74) is 2.14. The van der Waals surface area contributed by atoms with Crippen molar-refractivity contribution in [2.45, 2.75) is 31.5 Å². The van der Waals surface area contributed by atoms with Crippen molar-refractivity contribution in [1.82, 2.24) is 25.1 Å². The minimum absolute atomic E-state index is 0.0842. The van der Waals surface area contributed by atoms with Crippen LogP contribution in [0.25, 0.3) is 0 Å². The van der Waals surface area contributed by atoms with Gasteiger partial charge in [-0.05, 0) is 65.2 Å². The summed E-state index contributed by atoms with van der Waals surface area (Å²) in [5, 5.41) is 13.4. The Morgan fingerprint density at radius 1 is 1.03 bits per heavy atom. The second-order valence-corrected chi connectivity index (χ2v) is 8.74. The molecule has 0 bridgehead atoms. The van der Waals surface area contributed by atoms with E-state index < -0.39 is 0 Å². The highest BCUT2D eigenvalue weighted by molar-refractivity contribution is 6.30. The zero-order valence-electron chi connectivity index (χ0n) is 17.8. The number of halogens is 2. The molecule has 2 aromatic carbocycles. The van der Waals surface area contributed by atoms with E-state index in [1.807, 2.05) is 41.1 Å². The van der Waals surface area contributed by atoms with Gasteiger partial charge in [-0.15, -0.1) is 5.10 Å². The maximum Gasteiger partial charge on any atom is 0.173 e. The molecule has 0 aliphatic carbocycles. The number of piperazine rings is 1. The highest BCUT2D eigenvalue weighted by Crippen LogP contribution is 2.30. The lowest BCUT2D eigenvalue weighted by Gasteiger charge is -2.40. The summed E-state index contributed by atoms with van der Waals surface area (Å²) < 4.78 is 21.0. The van der Waals surface area contributed by atoms with Gasteiger partial charge in [0.15, 0.2) is 5.82 Å². The molecule has 3 heterocycles. The van der Waals surface area contributed by atoms with Gasteiger partial charge >= 0.3 is 0 Å². The van der Waals surface area contributed by atoms with Crippen LogP contribution in [0, 0.1) is 5.82 Å². The van der Waals surface area contributed by atoms with Gasteiger partial charge < -0.3 is 9.64 Å². The normalized spacial score (nSPS) is 20.6. The maximum atomic E-state index is 13.3. The Bertz CT molecular complexity index is 1010. The van der Waals surface area contributed by atoms with Crippen LogP contribution in [-0.4, -0.2) is 64.0 Å². The molecule has 0 amide bonds. The molecule has 0 radical (unpaired) electrons. The zero-order chi connectivity index (χ0) is 21.9. The van der Waals surface area contributed by atoms with Crippen molar-refractivity contribution in [1.29, 1.82) is 0 Å². The second-order valence-electron chi connectivity index (χ2n) is 8.31. The fourth-order valence-corrected chi connectivity index (χ4v) is 4.70. The van der Waals surface area contributed by atoms with Gasteiger partial charge in [0.05, 0.1) is 18.7 Å². The van der Waals surface area contributed by atoms with Crippen molar-refractivity contribution in [2.75, 3.05) is 37.7 Å². The third-order valence-electron chi connectivity index (χ3n) is 6.26. The first kappa shape index (κ1) is 21.3. The summed E-state index contributed by atoms with van der Waals surface area (Å²) in [5.74, 6) is 0.603. The molecule has 2 unspecified atom stereocenters. The van der Waals surface area contributed by atoms with Crippen LogP contribution in [-0.2, 0) is 11.3 Å². The molecule has 32 heavy (non-hydrogen) atoms. The topological polar surface area (TPSA) is 59.3 Å². The minimum Gasteiger partial charge on any atom is -0.376 e. The average molecular weight is 457 g/mol. The van der Waals surface area contributed by atoms with E-state index in [1.54, 1.807) is 0 Å². The lowest BCUT2D eigenvalue weighted by molar-refractivity contribution is 0.0906. The Hall–Kier alpha value is -2.55. The minimum atomic E-state index is -0.215. The first-order chi connectivity index (χ1) is 15.7. The Labute approximate surface area is 191 Å². The van der Waals surface area contributed by atoms with Crippen LogP contribution in [0.3, 0.4) is 0 Å². The second kappa shape index (κ2) is 9.52. The highest BCUT2D eigenvalue weighted by atomic mass is 35.5. The van der Waals surface area contributed by atoms with E-state index in [9.17, 15) is 4.39 Å². The monoisotopic (exact) mass is 456 g/mol. The van der Waals surface area contributed by atoms with Crippen LogP contribution in [0.4, 0.5) is 10.1 Å². The molecule has 0 N–H and O–H groups in total. The van der Waals surface area contributed by atoms with E-state index in [1.165, 1.54) is 12.1 Å². The molecule has 7 nitrogen and oxygen atoms in total. The van der Waals surface area contributed by atoms with Crippen molar-refractivity contribution in [3.63, 3.8) is 0 Å². The molecule has 3 aromatic rings. The van der Waals surface area contributed by atoms with Crippen LogP contribution in [0.1, 0.15) is 30.3 Å². The van der Waals surface area contributed by atoms with Crippen molar-refractivity contribution < 1.29 is 9.13 Å². The van der Waals surface area contributed by atoms with Gasteiger partial charge in [0, 0.05) is 43.5 Å². The summed E-state index contributed by atoms with van der Waals surface area (Å²) in [6.45, 7) is 4.79. The fraction of sp³-hybridized carbons (Fsp3) is 0.435. The molecular weight excluding hydrogens is 431 g/mol. The molecule has 9 heteroatoms. The summed E-state index contributed by atoms with van der Waals surface area (Å²) in [6, 6.07) is 14.5. The number of rotatable bonds is 6. The third-order valence-corrected chi connectivity index (χ3v) is 6.51. The van der Waals surface area contributed by atoms with Crippen molar-refractivity contribution in [2.24, 2.45) is 0 Å². The zero-order valence-corrected chi connectivity index (χ0v) is 18.5. The lowest BCUT2D eigenvalue weighted by atomic mass is 10.0. The van der Waals surface area contributed by atoms with Gasteiger partial charge in [0.1, 0.15) is 5.82 Å². The van der Waals surface area contributed by atoms with Gasteiger partial charge in [-0.2, -0.15) is 0 Å².